The number of hydrogen-bond donors (Lipinski definition) is 1. The molecular weight excluding hydrogens is 320 g/mol. The summed E-state index contributed by atoms with van der Waals surface area (Å²) in [5.41, 5.74) is 1.12. The molecule has 2 nitrogen and oxygen atoms in total. The maximum absolute atomic E-state index is 11.0. The van der Waals surface area contributed by atoms with E-state index >= 15 is 0 Å². The van der Waals surface area contributed by atoms with Crippen LogP contribution in [0.1, 0.15) is 97.8 Å². The molecule has 4 rings (SSSR count). The SMILES string of the molecule is C[C@@H](CCC(=O)O)[C@H]1CC[C@H]2[C@@H]3CC[C@@H]4CCCC[C@]4(C)[C@H]3CC[C@]12C. The van der Waals surface area contributed by atoms with Gasteiger partial charge in [0.2, 0.25) is 0 Å². The van der Waals surface area contributed by atoms with Gasteiger partial charge in [0.05, 0.1) is 0 Å². The molecule has 4 saturated carbocycles. The lowest BCUT2D eigenvalue weighted by molar-refractivity contribution is -0.137. The number of carboxylic acids is 1. The smallest absolute Gasteiger partial charge is 0.303 e. The lowest BCUT2D eigenvalue weighted by Crippen LogP contribution is -2.53. The van der Waals surface area contributed by atoms with Crippen molar-refractivity contribution in [1.29, 1.82) is 0 Å². The van der Waals surface area contributed by atoms with E-state index in [0.717, 1.165) is 36.0 Å². The zero-order chi connectivity index (χ0) is 18.5. The molecule has 1 N–H and O–H groups in total. The Labute approximate surface area is 160 Å². The Morgan fingerprint density at radius 2 is 1.73 bits per heavy atom. The van der Waals surface area contributed by atoms with Crippen LogP contribution < -0.4 is 0 Å². The third-order valence-corrected chi connectivity index (χ3v) is 10.2. The Bertz CT molecular complexity index is 542. The lowest BCUT2D eigenvalue weighted by atomic mass is 9.44. The van der Waals surface area contributed by atoms with Crippen LogP contribution in [0.15, 0.2) is 0 Å². The monoisotopic (exact) mass is 360 g/mol. The summed E-state index contributed by atoms with van der Waals surface area (Å²) in [6, 6.07) is 0. The van der Waals surface area contributed by atoms with E-state index in [1.165, 1.54) is 64.2 Å². The van der Waals surface area contributed by atoms with Crippen molar-refractivity contribution in [1.82, 2.24) is 0 Å². The van der Waals surface area contributed by atoms with Crippen LogP contribution in [0.2, 0.25) is 0 Å². The van der Waals surface area contributed by atoms with Crippen molar-refractivity contribution >= 4 is 5.97 Å². The zero-order valence-corrected chi connectivity index (χ0v) is 17.3. The van der Waals surface area contributed by atoms with E-state index in [9.17, 15) is 4.79 Å². The maximum atomic E-state index is 11.0. The molecule has 0 unspecified atom stereocenters. The van der Waals surface area contributed by atoms with Crippen molar-refractivity contribution in [3.8, 4) is 0 Å². The van der Waals surface area contributed by atoms with E-state index in [2.05, 4.69) is 20.8 Å². The van der Waals surface area contributed by atoms with E-state index in [0.29, 0.717) is 23.2 Å². The molecule has 4 aliphatic carbocycles. The van der Waals surface area contributed by atoms with E-state index in [1.54, 1.807) is 0 Å². The molecule has 0 aromatic carbocycles. The standard InChI is InChI=1S/C24H40O2/c1-16(7-12-22(25)26)19-10-11-20-18-9-8-17-6-4-5-14-23(17,2)21(18)13-15-24(19,20)3/h16-21H,4-15H2,1-3H3,(H,25,26)/t16-,17-,18-,19+,20-,21-,23-,24+/m0/s1. The summed E-state index contributed by atoms with van der Waals surface area (Å²) in [7, 11) is 0. The number of fused-ring (bicyclic) bond motifs is 5. The van der Waals surface area contributed by atoms with Crippen LogP contribution in [-0.2, 0) is 4.79 Å². The van der Waals surface area contributed by atoms with Crippen molar-refractivity contribution in [3.63, 3.8) is 0 Å². The predicted molar refractivity (Wildman–Crippen MR) is 106 cm³/mol. The Morgan fingerprint density at radius 1 is 0.962 bits per heavy atom. The van der Waals surface area contributed by atoms with Gasteiger partial charge in [0.15, 0.2) is 0 Å². The first kappa shape index (κ1) is 18.8. The van der Waals surface area contributed by atoms with Gasteiger partial charge >= 0.3 is 5.97 Å². The van der Waals surface area contributed by atoms with E-state index in [-0.39, 0.29) is 0 Å². The second kappa shape index (κ2) is 6.82. The molecule has 0 aliphatic heterocycles. The van der Waals surface area contributed by atoms with Crippen molar-refractivity contribution in [2.24, 2.45) is 46.3 Å². The molecule has 4 aliphatic rings. The maximum Gasteiger partial charge on any atom is 0.303 e. The molecule has 0 saturated heterocycles. The topological polar surface area (TPSA) is 37.3 Å². The second-order valence-electron chi connectivity index (χ2n) is 11.0. The minimum absolute atomic E-state index is 0.351. The first-order valence-corrected chi connectivity index (χ1v) is 11.6. The molecule has 0 amide bonds. The highest BCUT2D eigenvalue weighted by molar-refractivity contribution is 5.66. The van der Waals surface area contributed by atoms with Gasteiger partial charge in [-0.05, 0) is 104 Å². The minimum Gasteiger partial charge on any atom is -0.481 e. The highest BCUT2D eigenvalue weighted by Crippen LogP contribution is 2.68. The van der Waals surface area contributed by atoms with E-state index < -0.39 is 5.97 Å². The van der Waals surface area contributed by atoms with Crippen molar-refractivity contribution < 1.29 is 9.90 Å². The average molecular weight is 361 g/mol. The number of aliphatic carboxylic acids is 1. The van der Waals surface area contributed by atoms with Crippen molar-refractivity contribution in [2.45, 2.75) is 97.8 Å². The molecule has 0 radical (unpaired) electrons. The Hall–Kier alpha value is -0.530. The second-order valence-corrected chi connectivity index (χ2v) is 11.0. The third kappa shape index (κ3) is 2.85. The quantitative estimate of drug-likeness (QED) is 0.618. The first-order chi connectivity index (χ1) is 12.4. The molecule has 0 aromatic rings. The minimum atomic E-state index is -0.621. The molecule has 148 valence electrons. The summed E-state index contributed by atoms with van der Waals surface area (Å²) in [6.07, 6.45) is 15.7. The molecule has 26 heavy (non-hydrogen) atoms. The van der Waals surface area contributed by atoms with Gasteiger partial charge in [-0.15, -0.1) is 0 Å². The molecule has 0 spiro atoms. The molecule has 0 bridgehead atoms. The van der Waals surface area contributed by atoms with Crippen LogP contribution in [0.4, 0.5) is 0 Å². The molecule has 0 aromatic heterocycles. The van der Waals surface area contributed by atoms with Crippen LogP contribution >= 0.6 is 0 Å². The fraction of sp³-hybridized carbons (Fsp3) is 0.958. The summed E-state index contributed by atoms with van der Waals surface area (Å²) in [5.74, 6) is 4.57. The van der Waals surface area contributed by atoms with Gasteiger partial charge in [-0.2, -0.15) is 0 Å². The van der Waals surface area contributed by atoms with Gasteiger partial charge in [0, 0.05) is 6.42 Å². The third-order valence-electron chi connectivity index (χ3n) is 10.2. The van der Waals surface area contributed by atoms with E-state index in [4.69, 9.17) is 5.11 Å². The average Bonchev–Trinajstić information content (AvgIpc) is 2.96. The van der Waals surface area contributed by atoms with Crippen LogP contribution in [-0.4, -0.2) is 11.1 Å². The Kier molecular flexibility index (Phi) is 4.93. The summed E-state index contributed by atoms with van der Waals surface area (Å²) >= 11 is 0. The molecule has 0 heterocycles. The molecule has 4 fully saturated rings. The molecule has 2 heteroatoms. The highest BCUT2D eigenvalue weighted by atomic mass is 16.4. The fourth-order valence-electron chi connectivity index (χ4n) is 8.82. The van der Waals surface area contributed by atoms with Crippen LogP contribution in [0, 0.1) is 46.3 Å². The van der Waals surface area contributed by atoms with Gasteiger partial charge in [0.1, 0.15) is 0 Å². The lowest BCUT2D eigenvalue weighted by Gasteiger charge is -2.61. The highest BCUT2D eigenvalue weighted by Gasteiger charge is 2.60. The summed E-state index contributed by atoms with van der Waals surface area (Å²) in [5, 5.41) is 9.09. The summed E-state index contributed by atoms with van der Waals surface area (Å²) in [6.45, 7) is 7.60. The molecular formula is C24H40O2. The Balaban J connectivity index is 1.52. The van der Waals surface area contributed by atoms with Crippen molar-refractivity contribution in [3.05, 3.63) is 0 Å². The number of rotatable bonds is 4. The molecule has 8 atom stereocenters. The number of carboxylic acid groups (broad SMARTS) is 1. The van der Waals surface area contributed by atoms with Gasteiger partial charge < -0.3 is 5.11 Å². The van der Waals surface area contributed by atoms with Gasteiger partial charge in [-0.3, -0.25) is 4.79 Å². The zero-order valence-electron chi connectivity index (χ0n) is 17.3. The van der Waals surface area contributed by atoms with Crippen LogP contribution in [0.3, 0.4) is 0 Å². The number of carbonyl (C=O) groups is 1. The summed E-state index contributed by atoms with van der Waals surface area (Å²) < 4.78 is 0. The predicted octanol–water partition coefficient (Wildman–Crippen LogP) is 6.54. The van der Waals surface area contributed by atoms with Gasteiger partial charge in [0.25, 0.3) is 0 Å². The Morgan fingerprint density at radius 3 is 2.50 bits per heavy atom. The van der Waals surface area contributed by atoms with E-state index in [1.807, 2.05) is 0 Å². The van der Waals surface area contributed by atoms with Gasteiger partial charge in [-0.1, -0.05) is 33.6 Å². The fourth-order valence-corrected chi connectivity index (χ4v) is 8.82. The summed E-state index contributed by atoms with van der Waals surface area (Å²) in [4.78, 5) is 11.0. The first-order valence-electron chi connectivity index (χ1n) is 11.6. The normalized spacial score (nSPS) is 49.0. The largest absolute Gasteiger partial charge is 0.481 e. The van der Waals surface area contributed by atoms with Crippen LogP contribution in [0.5, 0.6) is 0 Å². The number of hydrogen-bond acceptors (Lipinski definition) is 1. The van der Waals surface area contributed by atoms with Crippen molar-refractivity contribution in [2.75, 3.05) is 0 Å². The van der Waals surface area contributed by atoms with Crippen LogP contribution in [0.25, 0.3) is 0 Å². The van der Waals surface area contributed by atoms with Gasteiger partial charge in [-0.25, -0.2) is 0 Å².